The molecule has 0 spiro atoms. The van der Waals surface area contributed by atoms with Crippen LogP contribution in [0.4, 0.5) is 5.13 Å². The first-order chi connectivity index (χ1) is 10.1. The Morgan fingerprint density at radius 3 is 2.71 bits per heavy atom. The molecule has 21 heavy (non-hydrogen) atoms. The number of thiazole rings is 1. The Bertz CT molecular complexity index is 608. The van der Waals surface area contributed by atoms with Gasteiger partial charge < -0.3 is 5.11 Å². The summed E-state index contributed by atoms with van der Waals surface area (Å²) in [5, 5.41) is 8.98. The predicted molar refractivity (Wildman–Crippen MR) is 83.3 cm³/mol. The van der Waals surface area contributed by atoms with Crippen LogP contribution in [-0.2, 0) is 10.2 Å². The van der Waals surface area contributed by atoms with Crippen LogP contribution in [0.1, 0.15) is 37.0 Å². The van der Waals surface area contributed by atoms with Crippen molar-refractivity contribution in [3.8, 4) is 11.8 Å². The molecule has 1 aromatic rings. The molecule has 2 N–H and O–H groups in total. The number of aromatic nitrogens is 1. The molecule has 1 saturated heterocycles. The number of anilines is 1. The maximum absolute atomic E-state index is 12.3. The Morgan fingerprint density at radius 1 is 1.33 bits per heavy atom. The lowest BCUT2D eigenvalue weighted by atomic mass is 10.2. The minimum Gasteiger partial charge on any atom is -0.395 e. The summed E-state index contributed by atoms with van der Waals surface area (Å²) in [6.45, 7) is 1.13. The van der Waals surface area contributed by atoms with Crippen LogP contribution in [0, 0.1) is 11.8 Å². The SMILES string of the molecule is O=S(=O)(Nc1ncc(C#CCCO)s1)N1CCCCCC1. The molecule has 0 aromatic carbocycles. The highest BCUT2D eigenvalue weighted by Gasteiger charge is 2.23. The molecule has 0 atom stereocenters. The second-order valence-electron chi connectivity index (χ2n) is 4.73. The van der Waals surface area contributed by atoms with Gasteiger partial charge in [-0.15, -0.1) is 0 Å². The number of aliphatic hydroxyl groups is 1. The zero-order valence-corrected chi connectivity index (χ0v) is 13.3. The Morgan fingerprint density at radius 2 is 2.05 bits per heavy atom. The molecule has 0 saturated carbocycles. The predicted octanol–water partition coefficient (Wildman–Crippen LogP) is 1.41. The summed E-state index contributed by atoms with van der Waals surface area (Å²) in [6, 6.07) is 0. The Kier molecular flexibility index (Phi) is 5.99. The van der Waals surface area contributed by atoms with E-state index >= 15 is 0 Å². The first-order valence-corrected chi connectivity index (χ1v) is 9.21. The Hall–Kier alpha value is -1.14. The van der Waals surface area contributed by atoms with Gasteiger partial charge in [-0.3, -0.25) is 0 Å². The van der Waals surface area contributed by atoms with Crippen molar-refractivity contribution in [2.45, 2.75) is 32.1 Å². The molecule has 0 unspecified atom stereocenters. The summed E-state index contributed by atoms with van der Waals surface area (Å²) in [5.41, 5.74) is 0. The van der Waals surface area contributed by atoms with Crippen LogP contribution in [0.15, 0.2) is 6.20 Å². The molecule has 1 aliphatic rings. The van der Waals surface area contributed by atoms with Crippen LogP contribution in [0.5, 0.6) is 0 Å². The van der Waals surface area contributed by atoms with Gasteiger partial charge in [0.25, 0.3) is 0 Å². The smallest absolute Gasteiger partial charge is 0.303 e. The van der Waals surface area contributed by atoms with E-state index in [-0.39, 0.29) is 6.61 Å². The Labute approximate surface area is 129 Å². The van der Waals surface area contributed by atoms with E-state index in [0.717, 1.165) is 25.7 Å². The maximum atomic E-state index is 12.3. The molecule has 6 nitrogen and oxygen atoms in total. The van der Waals surface area contributed by atoms with Gasteiger partial charge in [0.1, 0.15) is 0 Å². The van der Waals surface area contributed by atoms with E-state index in [4.69, 9.17) is 5.11 Å². The lowest BCUT2D eigenvalue weighted by Gasteiger charge is -2.19. The summed E-state index contributed by atoms with van der Waals surface area (Å²) in [5.74, 6) is 5.62. The zero-order valence-electron chi connectivity index (χ0n) is 11.7. The van der Waals surface area contributed by atoms with Crippen molar-refractivity contribution >= 4 is 26.7 Å². The minimum absolute atomic E-state index is 0.0141. The molecule has 2 heterocycles. The van der Waals surface area contributed by atoms with E-state index < -0.39 is 10.2 Å². The topological polar surface area (TPSA) is 82.5 Å². The lowest BCUT2D eigenvalue weighted by molar-refractivity contribution is 0.305. The van der Waals surface area contributed by atoms with Gasteiger partial charge in [-0.1, -0.05) is 36.0 Å². The van der Waals surface area contributed by atoms with Crippen LogP contribution < -0.4 is 4.72 Å². The first-order valence-electron chi connectivity index (χ1n) is 6.95. The van der Waals surface area contributed by atoms with Crippen molar-refractivity contribution in [3.63, 3.8) is 0 Å². The summed E-state index contributed by atoms with van der Waals surface area (Å²) < 4.78 is 28.6. The molecule has 1 aliphatic heterocycles. The first kappa shape index (κ1) is 16.2. The van der Waals surface area contributed by atoms with Gasteiger partial charge in [-0.05, 0) is 12.8 Å². The van der Waals surface area contributed by atoms with Crippen LogP contribution in [0.2, 0.25) is 0 Å². The second-order valence-corrected chi connectivity index (χ2v) is 7.43. The van der Waals surface area contributed by atoms with Gasteiger partial charge in [0.15, 0.2) is 5.13 Å². The third-order valence-electron chi connectivity index (χ3n) is 3.08. The minimum atomic E-state index is -3.53. The van der Waals surface area contributed by atoms with E-state index in [1.807, 2.05) is 0 Å². The number of hydrogen-bond donors (Lipinski definition) is 2. The molecule has 0 amide bonds. The molecular formula is C13H19N3O3S2. The van der Waals surface area contributed by atoms with Gasteiger partial charge in [0, 0.05) is 19.5 Å². The van der Waals surface area contributed by atoms with E-state index in [2.05, 4.69) is 21.5 Å². The number of aliphatic hydroxyl groups excluding tert-OH is 1. The summed E-state index contributed by atoms with van der Waals surface area (Å²) in [7, 11) is -3.53. The van der Waals surface area contributed by atoms with E-state index in [1.54, 1.807) is 0 Å². The number of rotatable bonds is 4. The van der Waals surface area contributed by atoms with E-state index in [1.165, 1.54) is 21.8 Å². The molecule has 0 aliphatic carbocycles. The average Bonchev–Trinajstić information content (AvgIpc) is 2.72. The average molecular weight is 329 g/mol. The molecule has 0 radical (unpaired) electrons. The molecule has 8 heteroatoms. The molecule has 0 bridgehead atoms. The number of nitrogens with one attached hydrogen (secondary N) is 1. The van der Waals surface area contributed by atoms with E-state index in [9.17, 15) is 8.42 Å². The zero-order chi connectivity index (χ0) is 15.1. The van der Waals surface area contributed by atoms with Gasteiger partial charge in [0.2, 0.25) is 0 Å². The summed E-state index contributed by atoms with van der Waals surface area (Å²) in [6.07, 6.45) is 5.89. The van der Waals surface area contributed by atoms with Crippen LogP contribution in [-0.4, -0.2) is 42.5 Å². The third-order valence-corrected chi connectivity index (χ3v) is 5.53. The quantitative estimate of drug-likeness (QED) is 0.818. The largest absolute Gasteiger partial charge is 0.395 e. The molecule has 1 aromatic heterocycles. The Balaban J connectivity index is 2.01. The summed E-state index contributed by atoms with van der Waals surface area (Å²) in [4.78, 5) is 4.71. The molecule has 116 valence electrons. The van der Waals surface area contributed by atoms with E-state index in [0.29, 0.717) is 29.5 Å². The summed E-state index contributed by atoms with van der Waals surface area (Å²) >= 11 is 1.20. The fourth-order valence-electron chi connectivity index (χ4n) is 2.04. The lowest BCUT2D eigenvalue weighted by Crippen LogP contribution is -2.36. The van der Waals surface area contributed by atoms with Crippen molar-refractivity contribution < 1.29 is 13.5 Å². The van der Waals surface area contributed by atoms with Gasteiger partial charge in [-0.2, -0.15) is 12.7 Å². The third kappa shape index (κ3) is 4.97. The van der Waals surface area contributed by atoms with Crippen LogP contribution in [0.25, 0.3) is 0 Å². The fraction of sp³-hybridized carbons (Fsp3) is 0.615. The fourth-order valence-corrected chi connectivity index (χ4v) is 4.21. The highest BCUT2D eigenvalue weighted by Crippen LogP contribution is 2.21. The maximum Gasteiger partial charge on any atom is 0.303 e. The van der Waals surface area contributed by atoms with Crippen molar-refractivity contribution in [3.05, 3.63) is 11.1 Å². The van der Waals surface area contributed by atoms with Gasteiger partial charge in [-0.25, -0.2) is 9.71 Å². The van der Waals surface area contributed by atoms with Crippen molar-refractivity contribution in [1.29, 1.82) is 0 Å². The number of hydrogen-bond acceptors (Lipinski definition) is 5. The number of nitrogens with zero attached hydrogens (tertiary/aromatic N) is 2. The molecular weight excluding hydrogens is 310 g/mol. The second kappa shape index (κ2) is 7.75. The monoisotopic (exact) mass is 329 g/mol. The van der Waals surface area contributed by atoms with Crippen LogP contribution in [0.3, 0.4) is 0 Å². The normalized spacial score (nSPS) is 16.8. The van der Waals surface area contributed by atoms with Crippen LogP contribution >= 0.6 is 11.3 Å². The van der Waals surface area contributed by atoms with Crippen molar-refractivity contribution in [1.82, 2.24) is 9.29 Å². The molecule has 1 fully saturated rings. The van der Waals surface area contributed by atoms with Crippen molar-refractivity contribution in [2.24, 2.45) is 0 Å². The highest BCUT2D eigenvalue weighted by atomic mass is 32.2. The van der Waals surface area contributed by atoms with Gasteiger partial charge in [0.05, 0.1) is 17.7 Å². The standard InChI is InChI=1S/C13H19N3O3S2/c17-10-6-3-7-12-11-14-13(20-12)15-21(18,19)16-8-4-1-2-5-9-16/h11,17H,1-2,4-6,8-10H2,(H,14,15). The molecule has 2 rings (SSSR count). The highest BCUT2D eigenvalue weighted by molar-refractivity contribution is 7.90. The van der Waals surface area contributed by atoms with Gasteiger partial charge >= 0.3 is 10.2 Å². The van der Waals surface area contributed by atoms with Crippen molar-refractivity contribution in [2.75, 3.05) is 24.4 Å².